The predicted molar refractivity (Wildman–Crippen MR) is 74.0 cm³/mol. The van der Waals surface area contributed by atoms with Crippen molar-refractivity contribution in [2.45, 2.75) is 12.5 Å². The number of aryl methyl sites for hydroxylation is 1. The summed E-state index contributed by atoms with van der Waals surface area (Å²) in [6.07, 6.45) is 2.02. The molecule has 3 heterocycles. The second-order valence-corrected chi connectivity index (χ2v) is 5.34. The maximum absolute atomic E-state index is 12.4. The molecule has 7 nitrogen and oxygen atoms in total. The summed E-state index contributed by atoms with van der Waals surface area (Å²) in [4.78, 5) is 39.3. The fourth-order valence-corrected chi connectivity index (χ4v) is 2.85. The van der Waals surface area contributed by atoms with Crippen molar-refractivity contribution in [1.82, 2.24) is 14.4 Å². The smallest absolute Gasteiger partial charge is 0.410 e. The average molecular weight is 291 g/mol. The quantitative estimate of drug-likeness (QED) is 0.772. The Morgan fingerprint density at radius 3 is 2.86 bits per heavy atom. The van der Waals surface area contributed by atoms with E-state index in [2.05, 4.69) is 0 Å². The second-order valence-electron chi connectivity index (χ2n) is 5.34. The topological polar surface area (TPSA) is 71.9 Å². The van der Waals surface area contributed by atoms with Gasteiger partial charge in [-0.15, -0.1) is 0 Å². The van der Waals surface area contributed by atoms with Gasteiger partial charge in [-0.1, -0.05) is 0 Å². The van der Waals surface area contributed by atoms with E-state index in [-0.39, 0.29) is 29.2 Å². The van der Waals surface area contributed by atoms with Crippen LogP contribution in [0.2, 0.25) is 0 Å². The Balaban J connectivity index is 1.74. The molecular weight excluding hydrogens is 274 g/mol. The molecule has 0 aliphatic carbocycles. The third kappa shape index (κ3) is 2.39. The number of pyridine rings is 1. The SMILES string of the molecule is Cn1cccc(C(=O)N2CC[C@@H](N3CCOC3=O)C2)c1=O. The lowest BCUT2D eigenvalue weighted by atomic mass is 10.2. The van der Waals surface area contributed by atoms with Crippen LogP contribution in [0.3, 0.4) is 0 Å². The molecule has 0 unspecified atom stereocenters. The molecule has 112 valence electrons. The molecule has 2 aliphatic heterocycles. The number of rotatable bonds is 2. The first kappa shape index (κ1) is 13.7. The first-order valence-corrected chi connectivity index (χ1v) is 6.96. The number of cyclic esters (lactones) is 1. The van der Waals surface area contributed by atoms with Crippen LogP contribution in [0.25, 0.3) is 0 Å². The van der Waals surface area contributed by atoms with E-state index in [1.54, 1.807) is 35.2 Å². The number of likely N-dealkylation sites (tertiary alicyclic amines) is 1. The number of hydrogen-bond donors (Lipinski definition) is 0. The molecule has 0 spiro atoms. The molecule has 21 heavy (non-hydrogen) atoms. The molecule has 0 bridgehead atoms. The zero-order chi connectivity index (χ0) is 15.0. The van der Waals surface area contributed by atoms with Crippen molar-refractivity contribution in [3.63, 3.8) is 0 Å². The van der Waals surface area contributed by atoms with Crippen LogP contribution in [-0.2, 0) is 11.8 Å². The third-order valence-electron chi connectivity index (χ3n) is 4.04. The number of nitrogens with zero attached hydrogens (tertiary/aromatic N) is 3. The van der Waals surface area contributed by atoms with Crippen molar-refractivity contribution in [3.8, 4) is 0 Å². The first-order chi connectivity index (χ1) is 10.1. The van der Waals surface area contributed by atoms with E-state index in [9.17, 15) is 14.4 Å². The molecule has 2 fully saturated rings. The van der Waals surface area contributed by atoms with E-state index < -0.39 is 0 Å². The molecule has 7 heteroatoms. The molecule has 1 aromatic rings. The number of aromatic nitrogens is 1. The van der Waals surface area contributed by atoms with Crippen molar-refractivity contribution in [2.75, 3.05) is 26.2 Å². The number of carbonyl (C=O) groups is 2. The van der Waals surface area contributed by atoms with E-state index in [1.807, 2.05) is 0 Å². The minimum Gasteiger partial charge on any atom is -0.448 e. The maximum atomic E-state index is 12.4. The molecule has 2 aliphatic rings. The van der Waals surface area contributed by atoms with Crippen molar-refractivity contribution in [2.24, 2.45) is 7.05 Å². The number of carbonyl (C=O) groups excluding carboxylic acids is 2. The number of amides is 2. The molecule has 1 atom stereocenters. The van der Waals surface area contributed by atoms with E-state index in [4.69, 9.17) is 4.74 Å². The van der Waals surface area contributed by atoms with Gasteiger partial charge in [-0.3, -0.25) is 14.5 Å². The summed E-state index contributed by atoms with van der Waals surface area (Å²) < 4.78 is 6.31. The fourth-order valence-electron chi connectivity index (χ4n) is 2.85. The van der Waals surface area contributed by atoms with Crippen LogP contribution in [0.5, 0.6) is 0 Å². The Hall–Kier alpha value is -2.31. The Labute approximate surface area is 121 Å². The highest BCUT2D eigenvalue weighted by Crippen LogP contribution is 2.20. The highest BCUT2D eigenvalue weighted by atomic mass is 16.6. The van der Waals surface area contributed by atoms with Gasteiger partial charge in [-0.2, -0.15) is 0 Å². The monoisotopic (exact) mass is 291 g/mol. The summed E-state index contributed by atoms with van der Waals surface area (Å²) >= 11 is 0. The summed E-state index contributed by atoms with van der Waals surface area (Å²) in [5.74, 6) is -0.272. The normalized spacial score (nSPS) is 21.8. The van der Waals surface area contributed by atoms with Gasteiger partial charge in [0.25, 0.3) is 11.5 Å². The van der Waals surface area contributed by atoms with E-state index in [0.29, 0.717) is 32.7 Å². The zero-order valence-corrected chi connectivity index (χ0v) is 11.8. The van der Waals surface area contributed by atoms with Gasteiger partial charge in [0.05, 0.1) is 12.6 Å². The average Bonchev–Trinajstić information content (AvgIpc) is 3.09. The van der Waals surface area contributed by atoms with E-state index in [0.717, 1.165) is 0 Å². The van der Waals surface area contributed by atoms with E-state index >= 15 is 0 Å². The van der Waals surface area contributed by atoms with Gasteiger partial charge in [-0.25, -0.2) is 4.79 Å². The van der Waals surface area contributed by atoms with E-state index in [1.165, 1.54) is 4.57 Å². The first-order valence-electron chi connectivity index (χ1n) is 6.96. The molecule has 1 aromatic heterocycles. The zero-order valence-electron chi connectivity index (χ0n) is 11.8. The summed E-state index contributed by atoms with van der Waals surface area (Å²) in [7, 11) is 1.62. The van der Waals surface area contributed by atoms with Gasteiger partial charge in [0.2, 0.25) is 0 Å². The van der Waals surface area contributed by atoms with Gasteiger partial charge in [0.1, 0.15) is 12.2 Å². The minimum absolute atomic E-state index is 0.0171. The van der Waals surface area contributed by atoms with Crippen LogP contribution in [0, 0.1) is 0 Å². The molecular formula is C14H17N3O4. The Kier molecular flexibility index (Phi) is 3.40. The maximum Gasteiger partial charge on any atom is 0.410 e. The summed E-state index contributed by atoms with van der Waals surface area (Å²) in [6, 6.07) is 3.21. The highest BCUT2D eigenvalue weighted by Gasteiger charge is 2.36. The molecule has 0 radical (unpaired) electrons. The van der Waals surface area contributed by atoms with Gasteiger partial charge in [0, 0.05) is 26.3 Å². The molecule has 2 amide bonds. The Bertz CT molecular complexity index is 639. The van der Waals surface area contributed by atoms with Crippen molar-refractivity contribution < 1.29 is 14.3 Å². The van der Waals surface area contributed by atoms with Crippen LogP contribution in [0.15, 0.2) is 23.1 Å². The van der Waals surface area contributed by atoms with Gasteiger partial charge >= 0.3 is 6.09 Å². The predicted octanol–water partition coefficient (Wildman–Crippen LogP) is 0.0520. The largest absolute Gasteiger partial charge is 0.448 e. The Morgan fingerprint density at radius 2 is 2.14 bits per heavy atom. The van der Waals surface area contributed by atoms with Crippen molar-refractivity contribution in [1.29, 1.82) is 0 Å². The standard InChI is InChI=1S/C14H17N3O4/c1-15-5-2-3-11(12(15)18)13(19)16-6-4-10(9-16)17-7-8-21-14(17)20/h2-3,5,10H,4,6-9H2,1H3/t10-/m1/s1. The highest BCUT2D eigenvalue weighted by molar-refractivity contribution is 5.94. The molecule has 0 saturated carbocycles. The van der Waals surface area contributed by atoms with Crippen LogP contribution >= 0.6 is 0 Å². The third-order valence-corrected chi connectivity index (χ3v) is 4.04. The lowest BCUT2D eigenvalue weighted by molar-refractivity contribution is 0.0777. The fraction of sp³-hybridized carbons (Fsp3) is 0.500. The minimum atomic E-state index is -0.315. The van der Waals surface area contributed by atoms with Gasteiger partial charge in [0.15, 0.2) is 0 Å². The molecule has 2 saturated heterocycles. The summed E-state index contributed by atoms with van der Waals surface area (Å²) in [5, 5.41) is 0. The summed E-state index contributed by atoms with van der Waals surface area (Å²) in [5.41, 5.74) is -0.129. The Morgan fingerprint density at radius 1 is 1.33 bits per heavy atom. The second kappa shape index (κ2) is 5.23. The van der Waals surface area contributed by atoms with Gasteiger partial charge < -0.3 is 14.2 Å². The summed E-state index contributed by atoms with van der Waals surface area (Å²) in [6.45, 7) is 1.97. The van der Waals surface area contributed by atoms with Crippen molar-refractivity contribution in [3.05, 3.63) is 34.2 Å². The van der Waals surface area contributed by atoms with Crippen LogP contribution < -0.4 is 5.56 Å². The van der Waals surface area contributed by atoms with Crippen LogP contribution in [0.4, 0.5) is 4.79 Å². The van der Waals surface area contributed by atoms with Crippen LogP contribution in [0.1, 0.15) is 16.8 Å². The van der Waals surface area contributed by atoms with Crippen molar-refractivity contribution >= 4 is 12.0 Å². The lowest BCUT2D eigenvalue weighted by Crippen LogP contribution is -2.40. The van der Waals surface area contributed by atoms with Gasteiger partial charge in [-0.05, 0) is 18.6 Å². The molecule has 3 rings (SSSR count). The molecule has 0 N–H and O–H groups in total. The number of hydrogen-bond acceptors (Lipinski definition) is 4. The van der Waals surface area contributed by atoms with Crippen LogP contribution in [-0.4, -0.2) is 58.7 Å². The lowest BCUT2D eigenvalue weighted by Gasteiger charge is -2.21. The number of ether oxygens (including phenoxy) is 1. The molecule has 0 aromatic carbocycles.